The van der Waals surface area contributed by atoms with Crippen LogP contribution >= 0.6 is 0 Å². The summed E-state index contributed by atoms with van der Waals surface area (Å²) in [6, 6.07) is 6.88. The van der Waals surface area contributed by atoms with E-state index in [4.69, 9.17) is 9.47 Å². The van der Waals surface area contributed by atoms with Gasteiger partial charge >= 0.3 is 0 Å². The molecule has 0 bridgehead atoms. The molecule has 0 unspecified atom stereocenters. The van der Waals surface area contributed by atoms with Crippen LogP contribution in [0.1, 0.15) is 19.4 Å². The molecule has 1 rings (SSSR count). The Labute approximate surface area is 120 Å². The molecule has 0 aliphatic rings. The molecule has 3 heteroatoms. The molecule has 0 aromatic heterocycles. The molecular weight excluding hydrogens is 252 g/mol. The maximum absolute atomic E-state index is 9.32. The van der Waals surface area contributed by atoms with E-state index in [1.54, 1.807) is 31.4 Å². The number of rotatable bonds is 6. The summed E-state index contributed by atoms with van der Waals surface area (Å²) >= 11 is 0. The second-order valence-electron chi connectivity index (χ2n) is 4.25. The molecule has 0 saturated heterocycles. The molecule has 0 heterocycles. The van der Waals surface area contributed by atoms with Crippen molar-refractivity contribution in [3.05, 3.63) is 72.4 Å². The first-order chi connectivity index (χ1) is 9.47. The van der Waals surface area contributed by atoms with Gasteiger partial charge in [0.1, 0.15) is 23.0 Å². The Bertz CT molecular complexity index is 548. The Morgan fingerprint density at radius 2 is 1.80 bits per heavy atom. The van der Waals surface area contributed by atoms with E-state index in [9.17, 15) is 5.11 Å². The zero-order valence-corrected chi connectivity index (χ0v) is 12.1. The Kier molecular flexibility index (Phi) is 5.66. The van der Waals surface area contributed by atoms with E-state index in [0.717, 1.165) is 11.1 Å². The highest BCUT2D eigenvalue weighted by atomic mass is 16.5. The van der Waals surface area contributed by atoms with Crippen molar-refractivity contribution in [2.45, 2.75) is 13.8 Å². The Morgan fingerprint density at radius 3 is 2.30 bits per heavy atom. The van der Waals surface area contributed by atoms with Gasteiger partial charge in [0.25, 0.3) is 0 Å². The first kappa shape index (κ1) is 15.6. The molecule has 20 heavy (non-hydrogen) atoms. The maximum Gasteiger partial charge on any atom is 0.115 e. The number of phenolic OH excluding ortho intramolecular Hbond substituents is 1. The molecule has 0 amide bonds. The quantitative estimate of drug-likeness (QED) is 0.616. The highest BCUT2D eigenvalue weighted by Crippen LogP contribution is 2.24. The molecule has 1 aromatic rings. The van der Waals surface area contributed by atoms with Crippen molar-refractivity contribution in [2.75, 3.05) is 7.11 Å². The van der Waals surface area contributed by atoms with Crippen LogP contribution in [0.4, 0.5) is 0 Å². The molecule has 1 N–H and O–H groups in total. The second-order valence-corrected chi connectivity index (χ2v) is 4.25. The van der Waals surface area contributed by atoms with Crippen LogP contribution in [0.2, 0.25) is 0 Å². The minimum atomic E-state index is 0.225. The van der Waals surface area contributed by atoms with Gasteiger partial charge in [-0.1, -0.05) is 31.4 Å². The van der Waals surface area contributed by atoms with Crippen LogP contribution in [-0.4, -0.2) is 12.2 Å². The van der Waals surface area contributed by atoms with E-state index in [1.165, 1.54) is 0 Å². The fourth-order valence-corrected chi connectivity index (χ4v) is 1.72. The maximum atomic E-state index is 9.32. The summed E-state index contributed by atoms with van der Waals surface area (Å²) in [6.07, 6.45) is 3.43. The standard InChI is InChI=1S/C17H20O3/c1-6-17(15-7-9-16(18)10-8-15)14(4)20-13(3)11-12(2)19-5/h6-11,18H,1-2H2,3-5H3. The second kappa shape index (κ2) is 7.24. The number of hydrogen-bond donors (Lipinski definition) is 1. The summed E-state index contributed by atoms with van der Waals surface area (Å²) in [4.78, 5) is 0. The van der Waals surface area contributed by atoms with Crippen molar-refractivity contribution < 1.29 is 14.6 Å². The Balaban J connectivity index is 3.01. The number of aromatic hydroxyl groups is 1. The molecule has 106 valence electrons. The lowest BCUT2D eigenvalue weighted by atomic mass is 10.0. The monoisotopic (exact) mass is 272 g/mol. The van der Waals surface area contributed by atoms with Crippen molar-refractivity contribution in [1.82, 2.24) is 0 Å². The van der Waals surface area contributed by atoms with Crippen molar-refractivity contribution in [2.24, 2.45) is 0 Å². The number of allylic oxidation sites excluding steroid dienone is 5. The first-order valence-electron chi connectivity index (χ1n) is 6.19. The van der Waals surface area contributed by atoms with Gasteiger partial charge in [0.2, 0.25) is 0 Å². The van der Waals surface area contributed by atoms with Gasteiger partial charge in [-0.25, -0.2) is 0 Å². The number of phenols is 1. The van der Waals surface area contributed by atoms with Gasteiger partial charge < -0.3 is 14.6 Å². The van der Waals surface area contributed by atoms with Gasteiger partial charge in [0, 0.05) is 11.6 Å². The zero-order valence-electron chi connectivity index (χ0n) is 12.1. The average Bonchev–Trinajstić information content (AvgIpc) is 2.41. The lowest BCUT2D eigenvalue weighted by Crippen LogP contribution is -1.93. The minimum Gasteiger partial charge on any atom is -0.508 e. The van der Waals surface area contributed by atoms with Crippen molar-refractivity contribution in [3.8, 4) is 5.75 Å². The molecular formula is C17H20O3. The van der Waals surface area contributed by atoms with E-state index >= 15 is 0 Å². The number of methoxy groups -OCH3 is 1. The third kappa shape index (κ3) is 4.35. The van der Waals surface area contributed by atoms with Gasteiger partial charge in [-0.2, -0.15) is 0 Å². The van der Waals surface area contributed by atoms with Gasteiger partial charge in [-0.3, -0.25) is 0 Å². The summed E-state index contributed by atoms with van der Waals surface area (Å²) in [5.41, 5.74) is 1.79. The van der Waals surface area contributed by atoms with E-state index in [2.05, 4.69) is 13.2 Å². The fraction of sp³-hybridized carbons (Fsp3) is 0.176. The zero-order chi connectivity index (χ0) is 15.1. The van der Waals surface area contributed by atoms with Crippen LogP contribution in [0, 0.1) is 0 Å². The van der Waals surface area contributed by atoms with E-state index in [1.807, 2.05) is 26.0 Å². The largest absolute Gasteiger partial charge is 0.508 e. The SMILES string of the molecule is C=CC(=C(C)OC(C)=CC(=C)OC)c1ccc(O)cc1. The van der Waals surface area contributed by atoms with Crippen molar-refractivity contribution in [1.29, 1.82) is 0 Å². The molecule has 0 spiro atoms. The summed E-state index contributed by atoms with van der Waals surface area (Å²) < 4.78 is 10.7. The predicted octanol–water partition coefficient (Wildman–Crippen LogP) is 4.39. The van der Waals surface area contributed by atoms with Gasteiger partial charge in [0.15, 0.2) is 0 Å². The third-order valence-corrected chi connectivity index (χ3v) is 2.70. The fourth-order valence-electron chi connectivity index (χ4n) is 1.72. The Morgan fingerprint density at radius 1 is 1.20 bits per heavy atom. The summed E-state index contributed by atoms with van der Waals surface area (Å²) in [6.45, 7) is 11.2. The van der Waals surface area contributed by atoms with E-state index in [-0.39, 0.29) is 5.75 Å². The lowest BCUT2D eigenvalue weighted by Gasteiger charge is -2.11. The minimum absolute atomic E-state index is 0.225. The van der Waals surface area contributed by atoms with Crippen LogP contribution in [0.15, 0.2) is 66.9 Å². The van der Waals surface area contributed by atoms with Crippen LogP contribution in [0.5, 0.6) is 5.75 Å². The Hall–Kier alpha value is -2.42. The normalized spacial score (nSPS) is 12.4. The molecule has 0 radical (unpaired) electrons. The number of benzene rings is 1. The number of ether oxygens (including phenoxy) is 2. The highest BCUT2D eigenvalue weighted by molar-refractivity contribution is 5.75. The van der Waals surface area contributed by atoms with Crippen molar-refractivity contribution in [3.63, 3.8) is 0 Å². The summed E-state index contributed by atoms with van der Waals surface area (Å²) in [5, 5.41) is 9.32. The van der Waals surface area contributed by atoms with Gasteiger partial charge in [0.05, 0.1) is 7.11 Å². The molecule has 0 aliphatic carbocycles. The number of hydrogen-bond acceptors (Lipinski definition) is 3. The topological polar surface area (TPSA) is 38.7 Å². The van der Waals surface area contributed by atoms with Crippen LogP contribution in [-0.2, 0) is 9.47 Å². The van der Waals surface area contributed by atoms with Gasteiger partial charge in [-0.05, 0) is 31.5 Å². The van der Waals surface area contributed by atoms with Crippen LogP contribution in [0.25, 0.3) is 5.57 Å². The van der Waals surface area contributed by atoms with Crippen LogP contribution in [0.3, 0.4) is 0 Å². The molecule has 0 aliphatic heterocycles. The van der Waals surface area contributed by atoms with Gasteiger partial charge in [-0.15, -0.1) is 0 Å². The van der Waals surface area contributed by atoms with Crippen molar-refractivity contribution >= 4 is 5.57 Å². The molecule has 0 saturated carbocycles. The predicted molar refractivity (Wildman–Crippen MR) is 81.9 cm³/mol. The molecule has 0 atom stereocenters. The summed E-state index contributed by atoms with van der Waals surface area (Å²) in [5.74, 6) is 2.14. The first-order valence-corrected chi connectivity index (χ1v) is 6.19. The summed E-state index contributed by atoms with van der Waals surface area (Å²) in [7, 11) is 1.56. The highest BCUT2D eigenvalue weighted by Gasteiger charge is 2.05. The van der Waals surface area contributed by atoms with E-state index in [0.29, 0.717) is 17.3 Å². The van der Waals surface area contributed by atoms with Crippen LogP contribution < -0.4 is 0 Å². The molecule has 3 nitrogen and oxygen atoms in total. The third-order valence-electron chi connectivity index (χ3n) is 2.70. The van der Waals surface area contributed by atoms with E-state index < -0.39 is 0 Å². The smallest absolute Gasteiger partial charge is 0.115 e. The lowest BCUT2D eigenvalue weighted by molar-refractivity contribution is 0.288. The molecule has 0 fully saturated rings. The average molecular weight is 272 g/mol. The molecule has 1 aromatic carbocycles.